The molecule has 3 nitrogen and oxygen atoms in total. The van der Waals surface area contributed by atoms with E-state index in [4.69, 9.17) is 5.32 Å². The maximum atomic E-state index is 11.9. The van der Waals surface area contributed by atoms with Crippen molar-refractivity contribution in [1.82, 2.24) is 5.32 Å². The van der Waals surface area contributed by atoms with Crippen LogP contribution in [0.1, 0.15) is 41.6 Å². The van der Waals surface area contributed by atoms with E-state index in [0.29, 0.717) is 6.42 Å². The number of rotatable bonds is 1. The fourth-order valence-electron chi connectivity index (χ4n) is 3.52. The van der Waals surface area contributed by atoms with Gasteiger partial charge in [-0.3, -0.25) is 14.9 Å². The summed E-state index contributed by atoms with van der Waals surface area (Å²) in [6.45, 7) is 1.58. The van der Waals surface area contributed by atoms with Crippen LogP contribution in [0.4, 0.5) is 5.69 Å². The van der Waals surface area contributed by atoms with Crippen LogP contribution in [0, 0.1) is 0 Å². The van der Waals surface area contributed by atoms with E-state index in [2.05, 4.69) is 0 Å². The average molecular weight is 264 g/mol. The molecule has 2 unspecified atom stereocenters. The van der Waals surface area contributed by atoms with Crippen LogP contribution in [0.5, 0.6) is 0 Å². The lowest BCUT2D eigenvalue weighted by molar-refractivity contribution is -0.114. The number of nitrogens with zero attached hydrogens (tertiary/aromatic N) is 1. The second kappa shape index (κ2) is 3.92. The van der Waals surface area contributed by atoms with E-state index >= 15 is 0 Å². The zero-order chi connectivity index (χ0) is 13.9. The van der Waals surface area contributed by atoms with E-state index in [1.165, 1.54) is 5.57 Å². The Morgan fingerprint density at radius 3 is 2.95 bits per heavy atom. The maximum absolute atomic E-state index is 11.9. The summed E-state index contributed by atoms with van der Waals surface area (Å²) in [5.41, 5.74) is 4.88. The third-order valence-corrected chi connectivity index (χ3v) is 4.50. The molecule has 0 fully saturated rings. The predicted molar refractivity (Wildman–Crippen MR) is 75.2 cm³/mol. The molecule has 0 saturated carbocycles. The Morgan fingerprint density at radius 1 is 1.30 bits per heavy atom. The third-order valence-electron chi connectivity index (χ3n) is 4.50. The minimum absolute atomic E-state index is 0.0688. The van der Waals surface area contributed by atoms with Crippen molar-refractivity contribution in [3.05, 3.63) is 52.6 Å². The second-order valence-corrected chi connectivity index (χ2v) is 5.65. The number of ketones is 2. The highest BCUT2D eigenvalue weighted by molar-refractivity contribution is 6.02. The number of hydrogen-bond acceptors (Lipinski definition) is 2. The molecule has 1 aromatic rings. The SMILES string of the molecule is CC(=O)c1ccc2c(c1)C1C3=C(C=CC1[N]2)C(=O)CC3. The van der Waals surface area contributed by atoms with Crippen LogP contribution in [-0.4, -0.2) is 17.6 Å². The minimum atomic E-state index is 0.0688. The molecule has 1 heterocycles. The molecule has 3 heteroatoms. The number of fused-ring (bicyclic) bond motifs is 4. The van der Waals surface area contributed by atoms with Crippen molar-refractivity contribution >= 4 is 17.3 Å². The lowest BCUT2D eigenvalue weighted by atomic mass is 9.81. The van der Waals surface area contributed by atoms with Crippen LogP contribution in [0.3, 0.4) is 0 Å². The molecule has 1 radical (unpaired) electrons. The lowest BCUT2D eigenvalue weighted by Crippen LogP contribution is -2.21. The smallest absolute Gasteiger partial charge is 0.163 e. The van der Waals surface area contributed by atoms with E-state index in [1.54, 1.807) is 6.92 Å². The first-order valence-electron chi connectivity index (χ1n) is 6.95. The molecular weight excluding hydrogens is 250 g/mol. The summed E-state index contributed by atoms with van der Waals surface area (Å²) in [5, 5.41) is 4.72. The van der Waals surface area contributed by atoms with Gasteiger partial charge < -0.3 is 0 Å². The Kier molecular flexibility index (Phi) is 2.28. The average Bonchev–Trinajstić information content (AvgIpc) is 2.98. The summed E-state index contributed by atoms with van der Waals surface area (Å²) in [6, 6.07) is 5.81. The van der Waals surface area contributed by atoms with Crippen LogP contribution >= 0.6 is 0 Å². The van der Waals surface area contributed by atoms with Gasteiger partial charge in [0.05, 0.1) is 11.7 Å². The van der Waals surface area contributed by atoms with E-state index in [0.717, 1.165) is 28.8 Å². The van der Waals surface area contributed by atoms with Gasteiger partial charge in [-0.15, -0.1) is 0 Å². The largest absolute Gasteiger partial charge is 0.295 e. The fourth-order valence-corrected chi connectivity index (χ4v) is 3.52. The van der Waals surface area contributed by atoms with Crippen LogP contribution in [0.2, 0.25) is 0 Å². The summed E-state index contributed by atoms with van der Waals surface area (Å²) in [4.78, 5) is 23.5. The molecule has 1 aromatic carbocycles. The van der Waals surface area contributed by atoms with Crippen molar-refractivity contribution in [3.8, 4) is 0 Å². The van der Waals surface area contributed by atoms with Gasteiger partial charge in [0.25, 0.3) is 0 Å². The van der Waals surface area contributed by atoms with E-state index in [1.807, 2.05) is 30.4 Å². The first-order valence-corrected chi connectivity index (χ1v) is 6.95. The number of allylic oxidation sites excluding steroid dienone is 2. The Hall–Kier alpha value is -2.16. The van der Waals surface area contributed by atoms with Gasteiger partial charge in [0.1, 0.15) is 0 Å². The standard InChI is InChI=1S/C17H14NO2/c1-9(19)10-2-5-14-13(8-10)17-12-4-7-16(20)11(12)3-6-15(17)18-14/h2-3,5-6,8,15,17H,4,7H2,1H3. The van der Waals surface area contributed by atoms with E-state index in [9.17, 15) is 9.59 Å². The minimum Gasteiger partial charge on any atom is -0.295 e. The lowest BCUT2D eigenvalue weighted by Gasteiger charge is -2.22. The molecule has 0 N–H and O–H groups in total. The van der Waals surface area contributed by atoms with Gasteiger partial charge in [-0.1, -0.05) is 12.2 Å². The molecule has 0 saturated heterocycles. The van der Waals surface area contributed by atoms with Gasteiger partial charge in [-0.25, -0.2) is 0 Å². The summed E-state index contributed by atoms with van der Waals surface area (Å²) in [5.74, 6) is 0.473. The normalized spacial score (nSPS) is 26.1. The number of carbonyl (C=O) groups excluding carboxylic acids is 2. The van der Waals surface area contributed by atoms with Gasteiger partial charge in [-0.2, -0.15) is 0 Å². The van der Waals surface area contributed by atoms with Gasteiger partial charge in [0.2, 0.25) is 0 Å². The van der Waals surface area contributed by atoms with Gasteiger partial charge in [-0.05, 0) is 42.7 Å². The first kappa shape index (κ1) is 11.6. The van der Waals surface area contributed by atoms with E-state index in [-0.39, 0.29) is 23.5 Å². The molecule has 0 spiro atoms. The molecule has 2 aliphatic carbocycles. The fraction of sp³-hybridized carbons (Fsp3) is 0.294. The zero-order valence-corrected chi connectivity index (χ0v) is 11.2. The monoisotopic (exact) mass is 264 g/mol. The van der Waals surface area contributed by atoms with Crippen molar-refractivity contribution in [3.63, 3.8) is 0 Å². The molecule has 2 atom stereocenters. The topological polar surface area (TPSA) is 48.2 Å². The number of carbonyl (C=O) groups is 2. The first-order chi connectivity index (χ1) is 9.65. The highest BCUT2D eigenvalue weighted by atomic mass is 16.1. The second-order valence-electron chi connectivity index (χ2n) is 5.65. The van der Waals surface area contributed by atoms with Gasteiger partial charge in [0, 0.05) is 23.5 Å². The van der Waals surface area contributed by atoms with Crippen LogP contribution < -0.4 is 5.32 Å². The highest BCUT2D eigenvalue weighted by Crippen LogP contribution is 2.48. The number of hydrogen-bond donors (Lipinski definition) is 0. The summed E-state index contributed by atoms with van der Waals surface area (Å²) in [7, 11) is 0. The molecule has 3 aliphatic rings. The summed E-state index contributed by atoms with van der Waals surface area (Å²) in [6.07, 6.45) is 5.41. The zero-order valence-electron chi connectivity index (χ0n) is 11.2. The molecule has 1 aliphatic heterocycles. The summed E-state index contributed by atoms with van der Waals surface area (Å²) < 4.78 is 0. The van der Waals surface area contributed by atoms with E-state index < -0.39 is 0 Å². The Bertz CT molecular complexity index is 712. The number of Topliss-reactive ketones (excluding diaryl/α,β-unsaturated/α-hetero) is 2. The summed E-state index contributed by atoms with van der Waals surface area (Å²) >= 11 is 0. The van der Waals surface area contributed by atoms with Crippen LogP contribution in [0.15, 0.2) is 41.5 Å². The predicted octanol–water partition coefficient (Wildman–Crippen LogP) is 2.82. The Labute approximate surface area is 117 Å². The van der Waals surface area contributed by atoms with Crippen molar-refractivity contribution in [2.75, 3.05) is 0 Å². The maximum Gasteiger partial charge on any atom is 0.163 e. The molecule has 20 heavy (non-hydrogen) atoms. The van der Waals surface area contributed by atoms with Crippen LogP contribution in [0.25, 0.3) is 0 Å². The van der Waals surface area contributed by atoms with Gasteiger partial charge in [0.15, 0.2) is 11.6 Å². The Balaban J connectivity index is 1.86. The molecule has 4 rings (SSSR count). The number of benzene rings is 1. The quantitative estimate of drug-likeness (QED) is 0.732. The van der Waals surface area contributed by atoms with Crippen LogP contribution in [-0.2, 0) is 4.79 Å². The van der Waals surface area contributed by atoms with Crippen molar-refractivity contribution in [1.29, 1.82) is 0 Å². The molecule has 99 valence electrons. The Morgan fingerprint density at radius 2 is 2.15 bits per heavy atom. The molecule has 0 aromatic heterocycles. The van der Waals surface area contributed by atoms with Gasteiger partial charge >= 0.3 is 0 Å². The van der Waals surface area contributed by atoms with Crippen molar-refractivity contribution in [2.24, 2.45) is 0 Å². The van der Waals surface area contributed by atoms with Crippen molar-refractivity contribution in [2.45, 2.75) is 31.7 Å². The molecule has 0 amide bonds. The third kappa shape index (κ3) is 1.46. The highest BCUT2D eigenvalue weighted by Gasteiger charge is 2.41. The molecule has 0 bridgehead atoms. The van der Waals surface area contributed by atoms with Crippen molar-refractivity contribution < 1.29 is 9.59 Å². The molecular formula is C17H14NO2.